The molecular formula is C19H20ClN3O3. The third-order valence-corrected chi connectivity index (χ3v) is 4.29. The molecule has 0 fully saturated rings. The van der Waals surface area contributed by atoms with E-state index in [1.165, 1.54) is 0 Å². The minimum Gasteiger partial charge on any atom is -0.490 e. The van der Waals surface area contributed by atoms with Gasteiger partial charge in [-0.15, -0.1) is 0 Å². The Morgan fingerprint density at radius 3 is 2.42 bits per heavy atom. The SMILES string of the molecule is CCOC(=O)Cn1c(=N)n(CCOc2ccccc2Cl)c2ccccc21. The molecule has 0 amide bonds. The average Bonchev–Trinajstić information content (AvgIpc) is 2.89. The summed E-state index contributed by atoms with van der Waals surface area (Å²) < 4.78 is 14.2. The zero-order valence-corrected chi connectivity index (χ0v) is 15.2. The maximum atomic E-state index is 11.9. The van der Waals surface area contributed by atoms with Gasteiger partial charge in [0, 0.05) is 0 Å². The number of ether oxygens (including phenoxy) is 2. The summed E-state index contributed by atoms with van der Waals surface area (Å²) >= 11 is 6.10. The molecule has 1 N–H and O–H groups in total. The third kappa shape index (κ3) is 3.75. The highest BCUT2D eigenvalue weighted by atomic mass is 35.5. The normalized spacial score (nSPS) is 10.8. The fourth-order valence-electron chi connectivity index (χ4n) is 2.83. The molecule has 0 aliphatic heterocycles. The summed E-state index contributed by atoms with van der Waals surface area (Å²) in [4.78, 5) is 11.9. The molecule has 0 bridgehead atoms. The van der Waals surface area contributed by atoms with E-state index >= 15 is 0 Å². The van der Waals surface area contributed by atoms with E-state index < -0.39 is 0 Å². The lowest BCUT2D eigenvalue weighted by molar-refractivity contribution is -0.143. The van der Waals surface area contributed by atoms with Gasteiger partial charge in [-0.05, 0) is 31.2 Å². The van der Waals surface area contributed by atoms with Crippen LogP contribution >= 0.6 is 11.6 Å². The van der Waals surface area contributed by atoms with Crippen LogP contribution in [0.3, 0.4) is 0 Å². The van der Waals surface area contributed by atoms with Crippen LogP contribution in [0.15, 0.2) is 48.5 Å². The van der Waals surface area contributed by atoms with Gasteiger partial charge in [-0.3, -0.25) is 14.8 Å². The number of imidazole rings is 1. The van der Waals surface area contributed by atoms with Crippen LogP contribution in [-0.2, 0) is 22.6 Å². The molecule has 0 aliphatic rings. The molecule has 1 heterocycles. The number of halogens is 1. The number of nitrogens with one attached hydrogen (secondary N) is 1. The van der Waals surface area contributed by atoms with Gasteiger partial charge < -0.3 is 14.0 Å². The first kappa shape index (κ1) is 18.1. The summed E-state index contributed by atoms with van der Waals surface area (Å²) in [5.41, 5.74) is 1.90. The van der Waals surface area contributed by atoms with Crippen molar-refractivity contribution in [3.63, 3.8) is 0 Å². The number of fused-ring (bicyclic) bond motifs is 1. The Bertz CT molecular complexity index is 978. The maximum absolute atomic E-state index is 11.9. The van der Waals surface area contributed by atoms with Gasteiger partial charge in [-0.1, -0.05) is 35.9 Å². The first-order chi connectivity index (χ1) is 12.6. The molecule has 26 heavy (non-hydrogen) atoms. The number of aromatic nitrogens is 2. The van der Waals surface area contributed by atoms with Crippen LogP contribution in [0.25, 0.3) is 11.0 Å². The standard InChI is InChI=1S/C19H20ClN3O3/c1-2-25-18(24)13-23-16-9-5-4-8-15(16)22(19(23)21)11-12-26-17-10-6-3-7-14(17)20/h3-10,21H,2,11-13H2,1H3. The van der Waals surface area contributed by atoms with Crippen LogP contribution in [-0.4, -0.2) is 28.3 Å². The van der Waals surface area contributed by atoms with Crippen molar-refractivity contribution in [2.45, 2.75) is 20.0 Å². The summed E-state index contributed by atoms with van der Waals surface area (Å²) in [6, 6.07) is 14.9. The molecule has 3 aromatic rings. The minimum atomic E-state index is -0.360. The number of nitrogens with zero attached hydrogens (tertiary/aromatic N) is 2. The van der Waals surface area contributed by atoms with Crippen molar-refractivity contribution < 1.29 is 14.3 Å². The zero-order chi connectivity index (χ0) is 18.5. The summed E-state index contributed by atoms with van der Waals surface area (Å²) in [6.07, 6.45) is 0. The number of hydrogen-bond donors (Lipinski definition) is 1. The molecule has 0 atom stereocenters. The number of carbonyl (C=O) groups is 1. The number of esters is 1. The number of rotatable bonds is 7. The Labute approximate surface area is 156 Å². The quantitative estimate of drug-likeness (QED) is 0.646. The highest BCUT2D eigenvalue weighted by Crippen LogP contribution is 2.23. The van der Waals surface area contributed by atoms with Gasteiger partial charge in [-0.25, -0.2) is 0 Å². The molecule has 0 spiro atoms. The van der Waals surface area contributed by atoms with Gasteiger partial charge in [-0.2, -0.15) is 0 Å². The topological polar surface area (TPSA) is 69.2 Å². The molecule has 0 aliphatic carbocycles. The van der Waals surface area contributed by atoms with Crippen molar-refractivity contribution in [1.29, 1.82) is 5.41 Å². The highest BCUT2D eigenvalue weighted by molar-refractivity contribution is 6.32. The van der Waals surface area contributed by atoms with Crippen LogP contribution in [0.1, 0.15) is 6.92 Å². The van der Waals surface area contributed by atoms with Gasteiger partial charge in [0.05, 0.1) is 29.2 Å². The summed E-state index contributed by atoms with van der Waals surface area (Å²) in [5.74, 6) is 0.248. The first-order valence-electron chi connectivity index (χ1n) is 8.37. The van der Waals surface area contributed by atoms with Crippen LogP contribution in [0.5, 0.6) is 5.75 Å². The number of carbonyl (C=O) groups excluding carboxylic acids is 1. The molecule has 7 heteroatoms. The number of para-hydroxylation sites is 3. The van der Waals surface area contributed by atoms with Crippen LogP contribution in [0.4, 0.5) is 0 Å². The van der Waals surface area contributed by atoms with E-state index in [0.29, 0.717) is 30.5 Å². The van der Waals surface area contributed by atoms with E-state index in [-0.39, 0.29) is 18.1 Å². The molecular weight excluding hydrogens is 354 g/mol. The van der Waals surface area contributed by atoms with E-state index in [4.69, 9.17) is 26.5 Å². The Balaban J connectivity index is 1.84. The Morgan fingerprint density at radius 1 is 1.08 bits per heavy atom. The van der Waals surface area contributed by atoms with Gasteiger partial charge in [0.2, 0.25) is 5.62 Å². The monoisotopic (exact) mass is 373 g/mol. The molecule has 0 saturated heterocycles. The zero-order valence-electron chi connectivity index (χ0n) is 14.4. The summed E-state index contributed by atoms with van der Waals surface area (Å²) in [7, 11) is 0. The minimum absolute atomic E-state index is 0.00551. The van der Waals surface area contributed by atoms with Gasteiger partial charge >= 0.3 is 5.97 Å². The molecule has 0 radical (unpaired) electrons. The van der Waals surface area contributed by atoms with Crippen molar-refractivity contribution in [2.24, 2.45) is 0 Å². The fraction of sp³-hybridized carbons (Fsp3) is 0.263. The van der Waals surface area contributed by atoms with Crippen molar-refractivity contribution in [3.8, 4) is 5.75 Å². The largest absolute Gasteiger partial charge is 0.490 e. The second-order valence-corrected chi connectivity index (χ2v) is 6.04. The lowest BCUT2D eigenvalue weighted by Crippen LogP contribution is -2.29. The van der Waals surface area contributed by atoms with Crippen LogP contribution in [0, 0.1) is 5.41 Å². The predicted octanol–water partition coefficient (Wildman–Crippen LogP) is 3.22. The van der Waals surface area contributed by atoms with Crippen molar-refractivity contribution >= 4 is 28.6 Å². The van der Waals surface area contributed by atoms with E-state index in [2.05, 4.69) is 0 Å². The average molecular weight is 374 g/mol. The molecule has 0 unspecified atom stereocenters. The second-order valence-electron chi connectivity index (χ2n) is 5.63. The molecule has 3 rings (SSSR count). The van der Waals surface area contributed by atoms with E-state index in [1.807, 2.05) is 41.0 Å². The molecule has 6 nitrogen and oxygen atoms in total. The summed E-state index contributed by atoms with van der Waals surface area (Å²) in [6.45, 7) is 2.90. The van der Waals surface area contributed by atoms with E-state index in [9.17, 15) is 4.79 Å². The fourth-order valence-corrected chi connectivity index (χ4v) is 3.02. The Hall–Kier alpha value is -2.73. The predicted molar refractivity (Wildman–Crippen MR) is 99.4 cm³/mol. The lowest BCUT2D eigenvalue weighted by Gasteiger charge is -2.09. The van der Waals surface area contributed by atoms with Gasteiger partial charge in [0.15, 0.2) is 0 Å². The van der Waals surface area contributed by atoms with Crippen LogP contribution < -0.4 is 10.4 Å². The Morgan fingerprint density at radius 2 is 1.73 bits per heavy atom. The van der Waals surface area contributed by atoms with E-state index in [1.54, 1.807) is 23.6 Å². The second kappa shape index (κ2) is 8.10. The highest BCUT2D eigenvalue weighted by Gasteiger charge is 2.14. The van der Waals surface area contributed by atoms with Gasteiger partial charge in [0.1, 0.15) is 18.9 Å². The summed E-state index contributed by atoms with van der Waals surface area (Å²) in [5, 5.41) is 9.01. The van der Waals surface area contributed by atoms with Crippen molar-refractivity contribution in [3.05, 3.63) is 59.2 Å². The number of benzene rings is 2. The van der Waals surface area contributed by atoms with Crippen LogP contribution in [0.2, 0.25) is 5.02 Å². The lowest BCUT2D eigenvalue weighted by atomic mass is 10.3. The third-order valence-electron chi connectivity index (χ3n) is 3.98. The first-order valence-corrected chi connectivity index (χ1v) is 8.75. The Kier molecular flexibility index (Phi) is 5.63. The molecule has 136 valence electrons. The smallest absolute Gasteiger partial charge is 0.326 e. The van der Waals surface area contributed by atoms with Gasteiger partial charge in [0.25, 0.3) is 0 Å². The van der Waals surface area contributed by atoms with Crippen molar-refractivity contribution in [2.75, 3.05) is 13.2 Å². The van der Waals surface area contributed by atoms with Crippen molar-refractivity contribution in [1.82, 2.24) is 9.13 Å². The number of hydrogen-bond acceptors (Lipinski definition) is 4. The molecule has 2 aromatic carbocycles. The van der Waals surface area contributed by atoms with E-state index in [0.717, 1.165) is 11.0 Å². The maximum Gasteiger partial charge on any atom is 0.326 e. The molecule has 1 aromatic heterocycles. The molecule has 0 saturated carbocycles.